The largest absolute Gasteiger partial charge is 0.397 e. The minimum Gasteiger partial charge on any atom is -0.397 e. The first-order valence-electron chi connectivity index (χ1n) is 6.89. The van der Waals surface area contributed by atoms with Crippen LogP contribution in [0.4, 0.5) is 11.4 Å². The molecule has 0 radical (unpaired) electrons. The number of rotatable bonds is 2. The van der Waals surface area contributed by atoms with E-state index in [0.717, 1.165) is 31.6 Å². The van der Waals surface area contributed by atoms with Gasteiger partial charge in [-0.05, 0) is 38.0 Å². The maximum absolute atomic E-state index is 11.9. The van der Waals surface area contributed by atoms with E-state index in [1.807, 2.05) is 13.0 Å². The van der Waals surface area contributed by atoms with Crippen LogP contribution in [0.5, 0.6) is 0 Å². The Morgan fingerprint density at radius 2 is 1.95 bits per heavy atom. The number of amides is 1. The van der Waals surface area contributed by atoms with Crippen LogP contribution in [0.2, 0.25) is 0 Å². The van der Waals surface area contributed by atoms with Crippen LogP contribution in [-0.2, 0) is 0 Å². The van der Waals surface area contributed by atoms with Crippen LogP contribution in [0.1, 0.15) is 30.1 Å². The number of nitrogens with zero attached hydrogens (tertiary/aromatic N) is 2. The van der Waals surface area contributed by atoms with E-state index in [0.29, 0.717) is 11.3 Å². The zero-order valence-corrected chi connectivity index (χ0v) is 12.4. The summed E-state index contributed by atoms with van der Waals surface area (Å²) < 4.78 is 0. The van der Waals surface area contributed by atoms with E-state index in [2.05, 4.69) is 4.90 Å². The van der Waals surface area contributed by atoms with Crippen molar-refractivity contribution in [1.29, 1.82) is 0 Å². The van der Waals surface area contributed by atoms with Crippen LogP contribution < -0.4 is 10.6 Å². The number of carbonyl (C=O) groups is 1. The van der Waals surface area contributed by atoms with Gasteiger partial charge in [0, 0.05) is 32.7 Å². The molecule has 1 saturated heterocycles. The molecule has 1 heterocycles. The van der Waals surface area contributed by atoms with Gasteiger partial charge in [0.15, 0.2) is 0 Å². The Morgan fingerprint density at radius 3 is 2.45 bits per heavy atom. The van der Waals surface area contributed by atoms with Crippen molar-refractivity contribution in [3.8, 4) is 0 Å². The number of nitrogen functional groups attached to an aromatic ring is 1. The summed E-state index contributed by atoms with van der Waals surface area (Å²) in [6, 6.07) is 5.43. The molecule has 1 aromatic rings. The lowest BCUT2D eigenvalue weighted by molar-refractivity contribution is 0.0351. The Kier molecular flexibility index (Phi) is 3.90. The summed E-state index contributed by atoms with van der Waals surface area (Å²) >= 11 is 0. The van der Waals surface area contributed by atoms with E-state index < -0.39 is 5.60 Å². The summed E-state index contributed by atoms with van der Waals surface area (Å²) in [5.41, 5.74) is 7.65. The molecule has 0 aromatic heterocycles. The number of carbonyl (C=O) groups excluding carboxylic acids is 1. The van der Waals surface area contributed by atoms with Crippen LogP contribution in [-0.4, -0.2) is 48.7 Å². The highest BCUT2D eigenvalue weighted by molar-refractivity contribution is 5.95. The van der Waals surface area contributed by atoms with E-state index in [9.17, 15) is 9.90 Å². The molecular weight excluding hydrogens is 254 g/mol. The summed E-state index contributed by atoms with van der Waals surface area (Å²) in [7, 11) is 3.44. The van der Waals surface area contributed by atoms with Crippen LogP contribution in [0, 0.1) is 0 Å². The minimum atomic E-state index is -0.577. The number of benzene rings is 1. The molecule has 110 valence electrons. The predicted octanol–water partition coefficient (Wildman–Crippen LogP) is 1.32. The first-order valence-corrected chi connectivity index (χ1v) is 6.89. The molecule has 0 atom stereocenters. The van der Waals surface area contributed by atoms with E-state index in [-0.39, 0.29) is 5.91 Å². The molecule has 2 rings (SSSR count). The lowest BCUT2D eigenvalue weighted by Crippen LogP contribution is -2.42. The van der Waals surface area contributed by atoms with Crippen molar-refractivity contribution in [1.82, 2.24) is 4.90 Å². The van der Waals surface area contributed by atoms with Crippen molar-refractivity contribution >= 4 is 17.3 Å². The minimum absolute atomic E-state index is 0.0511. The third-order valence-corrected chi connectivity index (χ3v) is 3.86. The Balaban J connectivity index is 2.17. The van der Waals surface area contributed by atoms with Gasteiger partial charge in [-0.3, -0.25) is 4.79 Å². The molecule has 1 amide bonds. The van der Waals surface area contributed by atoms with Crippen LogP contribution >= 0.6 is 0 Å². The fourth-order valence-corrected chi connectivity index (χ4v) is 2.46. The zero-order chi connectivity index (χ0) is 14.9. The van der Waals surface area contributed by atoms with Gasteiger partial charge >= 0.3 is 0 Å². The molecule has 3 N–H and O–H groups in total. The monoisotopic (exact) mass is 277 g/mol. The number of hydrogen-bond donors (Lipinski definition) is 2. The van der Waals surface area contributed by atoms with Crippen molar-refractivity contribution in [2.24, 2.45) is 0 Å². The van der Waals surface area contributed by atoms with Crippen molar-refractivity contribution in [2.75, 3.05) is 37.8 Å². The number of hydrogen-bond acceptors (Lipinski definition) is 4. The maximum Gasteiger partial charge on any atom is 0.253 e. The highest BCUT2D eigenvalue weighted by atomic mass is 16.3. The summed E-state index contributed by atoms with van der Waals surface area (Å²) in [5.74, 6) is -0.0511. The zero-order valence-electron chi connectivity index (χ0n) is 12.4. The molecule has 1 fully saturated rings. The molecule has 5 nitrogen and oxygen atoms in total. The topological polar surface area (TPSA) is 69.8 Å². The first-order chi connectivity index (χ1) is 9.30. The van der Waals surface area contributed by atoms with Gasteiger partial charge in [0.25, 0.3) is 5.91 Å². The van der Waals surface area contributed by atoms with Crippen LogP contribution in [0.3, 0.4) is 0 Å². The third-order valence-electron chi connectivity index (χ3n) is 3.86. The average Bonchev–Trinajstić information content (AvgIpc) is 2.38. The standard InChI is InChI=1S/C15H23N3O2/c1-15(20)6-8-18(9-7-15)13-5-4-11(10-12(13)16)14(19)17(2)3/h4-5,10,20H,6-9,16H2,1-3H3. The van der Waals surface area contributed by atoms with Gasteiger partial charge < -0.3 is 20.6 Å². The highest BCUT2D eigenvalue weighted by Crippen LogP contribution is 2.30. The lowest BCUT2D eigenvalue weighted by Gasteiger charge is -2.37. The predicted molar refractivity (Wildman–Crippen MR) is 80.9 cm³/mol. The molecule has 0 unspecified atom stereocenters. The van der Waals surface area contributed by atoms with E-state index in [1.54, 1.807) is 26.2 Å². The molecule has 0 bridgehead atoms. The molecule has 1 aliphatic heterocycles. The van der Waals surface area contributed by atoms with Gasteiger partial charge in [0.05, 0.1) is 17.0 Å². The normalized spacial score (nSPS) is 17.9. The summed E-state index contributed by atoms with van der Waals surface area (Å²) in [6.45, 7) is 3.42. The SMILES string of the molecule is CN(C)C(=O)c1ccc(N2CCC(C)(O)CC2)c(N)c1. The van der Waals surface area contributed by atoms with E-state index in [1.165, 1.54) is 4.90 Å². The van der Waals surface area contributed by atoms with Crippen LogP contribution in [0.15, 0.2) is 18.2 Å². The van der Waals surface area contributed by atoms with Crippen molar-refractivity contribution < 1.29 is 9.90 Å². The third kappa shape index (κ3) is 3.04. The van der Waals surface area contributed by atoms with Gasteiger partial charge in [0.1, 0.15) is 0 Å². The summed E-state index contributed by atoms with van der Waals surface area (Å²) in [5, 5.41) is 9.98. The number of piperidine rings is 1. The molecule has 5 heteroatoms. The summed E-state index contributed by atoms with van der Waals surface area (Å²) in [6.07, 6.45) is 1.45. The number of aliphatic hydroxyl groups is 1. The second kappa shape index (κ2) is 5.32. The lowest BCUT2D eigenvalue weighted by atomic mass is 9.93. The molecule has 1 aliphatic rings. The van der Waals surface area contributed by atoms with Crippen molar-refractivity contribution in [2.45, 2.75) is 25.4 Å². The van der Waals surface area contributed by atoms with Gasteiger partial charge in [-0.15, -0.1) is 0 Å². The summed E-state index contributed by atoms with van der Waals surface area (Å²) in [4.78, 5) is 15.6. The number of anilines is 2. The average molecular weight is 277 g/mol. The van der Waals surface area contributed by atoms with E-state index in [4.69, 9.17) is 5.73 Å². The van der Waals surface area contributed by atoms with Gasteiger partial charge in [0.2, 0.25) is 0 Å². The second-order valence-corrected chi connectivity index (χ2v) is 5.96. The van der Waals surface area contributed by atoms with Gasteiger partial charge in [-0.2, -0.15) is 0 Å². The van der Waals surface area contributed by atoms with Gasteiger partial charge in [-0.1, -0.05) is 0 Å². The number of nitrogens with two attached hydrogens (primary N) is 1. The Bertz CT molecular complexity index is 502. The molecule has 1 aromatic carbocycles. The first kappa shape index (κ1) is 14.7. The van der Waals surface area contributed by atoms with Crippen molar-refractivity contribution in [3.63, 3.8) is 0 Å². The molecule has 0 spiro atoms. The molecule has 0 aliphatic carbocycles. The van der Waals surface area contributed by atoms with Crippen molar-refractivity contribution in [3.05, 3.63) is 23.8 Å². The fourth-order valence-electron chi connectivity index (χ4n) is 2.46. The Morgan fingerprint density at radius 1 is 1.35 bits per heavy atom. The second-order valence-electron chi connectivity index (χ2n) is 5.96. The quantitative estimate of drug-likeness (QED) is 0.800. The van der Waals surface area contributed by atoms with Gasteiger partial charge in [-0.25, -0.2) is 0 Å². The Labute approximate surface area is 120 Å². The fraction of sp³-hybridized carbons (Fsp3) is 0.533. The Hall–Kier alpha value is -1.75. The molecule has 0 saturated carbocycles. The highest BCUT2D eigenvalue weighted by Gasteiger charge is 2.28. The van der Waals surface area contributed by atoms with Crippen LogP contribution in [0.25, 0.3) is 0 Å². The molecule has 20 heavy (non-hydrogen) atoms. The smallest absolute Gasteiger partial charge is 0.253 e. The molecular formula is C15H23N3O2. The maximum atomic E-state index is 11.9. The van der Waals surface area contributed by atoms with E-state index >= 15 is 0 Å².